The van der Waals surface area contributed by atoms with Crippen molar-refractivity contribution in [3.8, 4) is 0 Å². The maximum atomic E-state index is 12.6. The van der Waals surface area contributed by atoms with Crippen LogP contribution in [0, 0.1) is 6.92 Å². The van der Waals surface area contributed by atoms with Crippen LogP contribution in [0.4, 0.5) is 0 Å². The third-order valence-electron chi connectivity index (χ3n) is 5.11. The molecule has 3 rings (SSSR count). The number of aryl methyl sites for hydroxylation is 2. The van der Waals surface area contributed by atoms with E-state index in [1.165, 1.54) is 11.1 Å². The van der Waals surface area contributed by atoms with E-state index in [1.807, 2.05) is 53.1 Å². The minimum Gasteiger partial charge on any atom is -0.341 e. The fourth-order valence-electron chi connectivity index (χ4n) is 3.58. The Kier molecular flexibility index (Phi) is 6.64. The maximum absolute atomic E-state index is 12.6. The van der Waals surface area contributed by atoms with Crippen molar-refractivity contribution in [2.45, 2.75) is 32.6 Å². The monoisotopic (exact) mass is 364 g/mol. The summed E-state index contributed by atoms with van der Waals surface area (Å²) in [6, 6.07) is 18.2. The molecular formula is C23H28N2O2. The number of hydrogen-bond acceptors (Lipinski definition) is 2. The van der Waals surface area contributed by atoms with Crippen LogP contribution in [0.15, 0.2) is 54.6 Å². The summed E-state index contributed by atoms with van der Waals surface area (Å²) in [5.41, 5.74) is 3.42. The topological polar surface area (TPSA) is 40.6 Å². The lowest BCUT2D eigenvalue weighted by molar-refractivity contribution is -0.133. The first-order chi connectivity index (χ1) is 13.1. The predicted molar refractivity (Wildman–Crippen MR) is 107 cm³/mol. The number of hydrogen-bond donors (Lipinski definition) is 0. The van der Waals surface area contributed by atoms with E-state index in [2.05, 4.69) is 18.2 Å². The second-order valence-corrected chi connectivity index (χ2v) is 7.27. The molecule has 1 heterocycles. The van der Waals surface area contributed by atoms with Crippen LogP contribution >= 0.6 is 0 Å². The summed E-state index contributed by atoms with van der Waals surface area (Å²) < 4.78 is 0. The molecule has 142 valence electrons. The second kappa shape index (κ2) is 9.36. The molecule has 0 saturated carbocycles. The van der Waals surface area contributed by atoms with Crippen LogP contribution in [0.2, 0.25) is 0 Å². The molecular weight excluding hydrogens is 336 g/mol. The Bertz CT molecular complexity index is 773. The average Bonchev–Trinajstić information content (AvgIpc) is 2.93. The van der Waals surface area contributed by atoms with Crippen molar-refractivity contribution in [1.29, 1.82) is 0 Å². The highest BCUT2D eigenvalue weighted by atomic mass is 16.2. The van der Waals surface area contributed by atoms with Crippen molar-refractivity contribution < 1.29 is 9.59 Å². The van der Waals surface area contributed by atoms with Gasteiger partial charge in [-0.05, 0) is 30.9 Å². The fraction of sp³-hybridized carbons (Fsp3) is 0.391. The Hall–Kier alpha value is -2.62. The SMILES string of the molecule is Cc1cccc(CC(=O)N2CCCN(C(=O)CCc3ccccc3)CC2)c1. The van der Waals surface area contributed by atoms with E-state index in [-0.39, 0.29) is 11.8 Å². The van der Waals surface area contributed by atoms with E-state index in [1.54, 1.807) is 0 Å². The molecule has 0 radical (unpaired) electrons. The third-order valence-corrected chi connectivity index (χ3v) is 5.11. The number of carbonyl (C=O) groups is 2. The lowest BCUT2D eigenvalue weighted by atomic mass is 10.1. The molecule has 0 unspecified atom stereocenters. The van der Waals surface area contributed by atoms with Gasteiger partial charge < -0.3 is 9.80 Å². The first kappa shape index (κ1) is 19.2. The Morgan fingerprint density at radius 3 is 2.19 bits per heavy atom. The fourth-order valence-corrected chi connectivity index (χ4v) is 3.58. The number of benzene rings is 2. The van der Waals surface area contributed by atoms with E-state index in [4.69, 9.17) is 0 Å². The first-order valence-corrected chi connectivity index (χ1v) is 9.77. The van der Waals surface area contributed by atoms with Gasteiger partial charge in [0.1, 0.15) is 0 Å². The Morgan fingerprint density at radius 1 is 0.815 bits per heavy atom. The van der Waals surface area contributed by atoms with Crippen molar-refractivity contribution in [2.75, 3.05) is 26.2 Å². The number of rotatable bonds is 5. The van der Waals surface area contributed by atoms with Gasteiger partial charge >= 0.3 is 0 Å². The zero-order chi connectivity index (χ0) is 19.1. The molecule has 0 N–H and O–H groups in total. The molecule has 2 aromatic carbocycles. The lowest BCUT2D eigenvalue weighted by Gasteiger charge is -2.22. The predicted octanol–water partition coefficient (Wildman–Crippen LogP) is 3.23. The van der Waals surface area contributed by atoms with Gasteiger partial charge in [-0.3, -0.25) is 9.59 Å². The molecule has 0 aliphatic carbocycles. The highest BCUT2D eigenvalue weighted by Gasteiger charge is 2.22. The van der Waals surface area contributed by atoms with Gasteiger partial charge in [-0.2, -0.15) is 0 Å². The number of nitrogens with zero attached hydrogens (tertiary/aromatic N) is 2. The van der Waals surface area contributed by atoms with Crippen LogP contribution in [0.25, 0.3) is 0 Å². The highest BCUT2D eigenvalue weighted by Crippen LogP contribution is 2.11. The zero-order valence-corrected chi connectivity index (χ0v) is 16.1. The molecule has 1 aliphatic heterocycles. The quantitative estimate of drug-likeness (QED) is 0.817. The first-order valence-electron chi connectivity index (χ1n) is 9.77. The molecule has 4 nitrogen and oxygen atoms in total. The molecule has 1 saturated heterocycles. The van der Waals surface area contributed by atoms with Crippen molar-refractivity contribution >= 4 is 11.8 Å². The molecule has 1 fully saturated rings. The summed E-state index contributed by atoms with van der Waals surface area (Å²) in [5, 5.41) is 0. The van der Waals surface area contributed by atoms with Crippen LogP contribution < -0.4 is 0 Å². The Labute approximate surface area is 161 Å². The Balaban J connectivity index is 1.49. The molecule has 0 aromatic heterocycles. The molecule has 0 bridgehead atoms. The van der Waals surface area contributed by atoms with Crippen molar-refractivity contribution in [3.63, 3.8) is 0 Å². The average molecular weight is 364 g/mol. The van der Waals surface area contributed by atoms with Gasteiger partial charge in [0.05, 0.1) is 6.42 Å². The van der Waals surface area contributed by atoms with Gasteiger partial charge in [0.2, 0.25) is 11.8 Å². The van der Waals surface area contributed by atoms with Crippen LogP contribution in [-0.4, -0.2) is 47.8 Å². The van der Waals surface area contributed by atoms with Crippen LogP contribution in [0.1, 0.15) is 29.5 Å². The van der Waals surface area contributed by atoms with Gasteiger partial charge in [-0.15, -0.1) is 0 Å². The van der Waals surface area contributed by atoms with E-state index < -0.39 is 0 Å². The van der Waals surface area contributed by atoms with Gasteiger partial charge in [0.25, 0.3) is 0 Å². The van der Waals surface area contributed by atoms with Crippen molar-refractivity contribution in [2.24, 2.45) is 0 Å². The highest BCUT2D eigenvalue weighted by molar-refractivity contribution is 5.79. The molecule has 0 spiro atoms. The molecule has 0 atom stereocenters. The van der Waals surface area contributed by atoms with E-state index in [0.29, 0.717) is 25.9 Å². The summed E-state index contributed by atoms with van der Waals surface area (Å²) in [5.74, 6) is 0.339. The summed E-state index contributed by atoms with van der Waals surface area (Å²) >= 11 is 0. The van der Waals surface area contributed by atoms with Crippen molar-refractivity contribution in [1.82, 2.24) is 9.80 Å². The molecule has 2 aromatic rings. The minimum absolute atomic E-state index is 0.152. The van der Waals surface area contributed by atoms with Crippen LogP contribution in [-0.2, 0) is 22.4 Å². The molecule has 1 aliphatic rings. The lowest BCUT2D eigenvalue weighted by Crippen LogP contribution is -2.38. The zero-order valence-electron chi connectivity index (χ0n) is 16.1. The number of carbonyl (C=O) groups excluding carboxylic acids is 2. The van der Waals surface area contributed by atoms with Crippen LogP contribution in [0.5, 0.6) is 0 Å². The summed E-state index contributed by atoms with van der Waals surface area (Å²) in [7, 11) is 0. The van der Waals surface area contributed by atoms with Gasteiger partial charge in [-0.1, -0.05) is 60.2 Å². The number of amides is 2. The normalized spacial score (nSPS) is 14.7. The second-order valence-electron chi connectivity index (χ2n) is 7.27. The Morgan fingerprint density at radius 2 is 1.48 bits per heavy atom. The molecule has 27 heavy (non-hydrogen) atoms. The third kappa shape index (κ3) is 5.68. The van der Waals surface area contributed by atoms with E-state index >= 15 is 0 Å². The molecule has 4 heteroatoms. The maximum Gasteiger partial charge on any atom is 0.227 e. The summed E-state index contributed by atoms with van der Waals surface area (Å²) in [6.07, 6.45) is 2.58. The standard InChI is InChI=1S/C23H28N2O2/c1-19-7-5-10-21(17-19)18-23(27)25-14-6-13-24(15-16-25)22(26)12-11-20-8-3-2-4-9-20/h2-5,7-10,17H,6,11-16,18H2,1H3. The smallest absolute Gasteiger partial charge is 0.227 e. The van der Waals surface area contributed by atoms with E-state index in [9.17, 15) is 9.59 Å². The van der Waals surface area contributed by atoms with Gasteiger partial charge in [0, 0.05) is 32.6 Å². The summed E-state index contributed by atoms with van der Waals surface area (Å²) in [4.78, 5) is 29.0. The minimum atomic E-state index is 0.152. The van der Waals surface area contributed by atoms with E-state index in [0.717, 1.165) is 31.5 Å². The largest absolute Gasteiger partial charge is 0.341 e. The summed E-state index contributed by atoms with van der Waals surface area (Å²) in [6.45, 7) is 4.77. The van der Waals surface area contributed by atoms with Crippen molar-refractivity contribution in [3.05, 3.63) is 71.3 Å². The van der Waals surface area contributed by atoms with Gasteiger partial charge in [0.15, 0.2) is 0 Å². The molecule has 2 amide bonds. The van der Waals surface area contributed by atoms with Crippen LogP contribution in [0.3, 0.4) is 0 Å². The van der Waals surface area contributed by atoms with Gasteiger partial charge in [-0.25, -0.2) is 0 Å².